The molecule has 1 rings (SSSR count). The molecule has 0 saturated heterocycles. The molecule has 0 radical (unpaired) electrons. The number of nitrogens with one attached hydrogen (secondary N) is 1. The molecule has 0 aliphatic heterocycles. The number of benzene rings is 1. The molecule has 0 spiro atoms. The van der Waals surface area contributed by atoms with Gasteiger partial charge in [0.15, 0.2) is 11.6 Å². The van der Waals surface area contributed by atoms with Crippen LogP contribution in [0.4, 0.5) is 8.78 Å². The van der Waals surface area contributed by atoms with Crippen LogP contribution in [0.25, 0.3) is 0 Å². The van der Waals surface area contributed by atoms with Crippen molar-refractivity contribution in [1.82, 2.24) is 10.2 Å². The average molecular weight is 228 g/mol. The molecule has 1 N–H and O–H groups in total. The van der Waals surface area contributed by atoms with Crippen LogP contribution in [-0.4, -0.2) is 32.1 Å². The van der Waals surface area contributed by atoms with Gasteiger partial charge in [0.1, 0.15) is 0 Å². The molecule has 1 unspecified atom stereocenters. The summed E-state index contributed by atoms with van der Waals surface area (Å²) in [6.45, 7) is 3.54. The Morgan fingerprint density at radius 2 is 2.06 bits per heavy atom. The standard InChI is InChI=1S/C12H18F2N2/c1-4-16(3)8-11(15-2)9-6-5-7-10(13)12(9)14/h5-7,11,15H,4,8H2,1-3H3. The van der Waals surface area contributed by atoms with Crippen LogP contribution in [0, 0.1) is 11.6 Å². The maximum Gasteiger partial charge on any atom is 0.163 e. The first-order valence-corrected chi connectivity index (χ1v) is 5.39. The molecule has 0 heterocycles. The Bertz CT molecular complexity index is 342. The van der Waals surface area contributed by atoms with Crippen LogP contribution in [0.2, 0.25) is 0 Å². The van der Waals surface area contributed by atoms with Gasteiger partial charge in [0.25, 0.3) is 0 Å². The lowest BCUT2D eigenvalue weighted by molar-refractivity contribution is 0.305. The van der Waals surface area contributed by atoms with Crippen molar-refractivity contribution in [3.8, 4) is 0 Å². The van der Waals surface area contributed by atoms with E-state index >= 15 is 0 Å². The Kier molecular flexibility index (Phi) is 4.83. The summed E-state index contributed by atoms with van der Waals surface area (Å²) in [4.78, 5) is 2.05. The van der Waals surface area contributed by atoms with Gasteiger partial charge in [0.05, 0.1) is 0 Å². The minimum Gasteiger partial charge on any atom is -0.312 e. The molecule has 0 fully saturated rings. The zero-order valence-corrected chi connectivity index (χ0v) is 9.93. The summed E-state index contributed by atoms with van der Waals surface area (Å²) in [6, 6.07) is 4.09. The largest absolute Gasteiger partial charge is 0.312 e. The third kappa shape index (κ3) is 3.00. The second-order valence-corrected chi connectivity index (χ2v) is 3.84. The average Bonchev–Trinajstić information content (AvgIpc) is 2.29. The van der Waals surface area contributed by atoms with Crippen LogP contribution >= 0.6 is 0 Å². The summed E-state index contributed by atoms with van der Waals surface area (Å²) in [7, 11) is 3.69. The minimum atomic E-state index is -0.795. The van der Waals surface area contributed by atoms with E-state index in [2.05, 4.69) is 5.32 Å². The maximum atomic E-state index is 13.6. The number of likely N-dealkylation sites (N-methyl/N-ethyl adjacent to an activating group) is 2. The molecule has 0 amide bonds. The van der Waals surface area contributed by atoms with E-state index in [1.165, 1.54) is 6.07 Å². The maximum absolute atomic E-state index is 13.6. The molecule has 1 atom stereocenters. The summed E-state index contributed by atoms with van der Waals surface area (Å²) in [5, 5.41) is 3.00. The highest BCUT2D eigenvalue weighted by Crippen LogP contribution is 2.19. The molecule has 0 aliphatic carbocycles. The predicted octanol–water partition coefficient (Wildman–Crippen LogP) is 2.18. The monoisotopic (exact) mass is 228 g/mol. The summed E-state index contributed by atoms with van der Waals surface area (Å²) in [5.41, 5.74) is 0.378. The third-order valence-corrected chi connectivity index (χ3v) is 2.74. The summed E-state index contributed by atoms with van der Waals surface area (Å²) in [6.07, 6.45) is 0. The van der Waals surface area contributed by atoms with Crippen molar-refractivity contribution in [3.63, 3.8) is 0 Å². The zero-order valence-electron chi connectivity index (χ0n) is 9.93. The van der Waals surface area contributed by atoms with Gasteiger partial charge in [-0.2, -0.15) is 0 Å². The van der Waals surface area contributed by atoms with E-state index in [1.54, 1.807) is 13.1 Å². The summed E-state index contributed by atoms with van der Waals surface area (Å²) < 4.78 is 26.6. The molecule has 16 heavy (non-hydrogen) atoms. The predicted molar refractivity (Wildman–Crippen MR) is 61.3 cm³/mol. The van der Waals surface area contributed by atoms with E-state index < -0.39 is 11.6 Å². The first kappa shape index (κ1) is 13.1. The highest BCUT2D eigenvalue weighted by molar-refractivity contribution is 5.22. The number of nitrogens with zero attached hydrogens (tertiary/aromatic N) is 1. The summed E-state index contributed by atoms with van der Waals surface area (Å²) in [5.74, 6) is -1.55. The Labute approximate surface area is 95.3 Å². The van der Waals surface area contributed by atoms with Crippen molar-refractivity contribution < 1.29 is 8.78 Å². The second kappa shape index (κ2) is 5.92. The van der Waals surface area contributed by atoms with Gasteiger partial charge in [-0.05, 0) is 26.7 Å². The molecule has 90 valence electrons. The van der Waals surface area contributed by atoms with Gasteiger partial charge < -0.3 is 10.2 Å². The first-order valence-electron chi connectivity index (χ1n) is 5.39. The molecule has 0 aromatic heterocycles. The number of rotatable bonds is 5. The minimum absolute atomic E-state index is 0.194. The van der Waals surface area contributed by atoms with Crippen molar-refractivity contribution >= 4 is 0 Å². The number of hydrogen-bond donors (Lipinski definition) is 1. The molecule has 1 aromatic rings. The Morgan fingerprint density at radius 3 is 2.62 bits per heavy atom. The van der Waals surface area contributed by atoms with E-state index in [0.717, 1.165) is 12.6 Å². The molecule has 1 aromatic carbocycles. The highest BCUT2D eigenvalue weighted by Gasteiger charge is 2.17. The zero-order chi connectivity index (χ0) is 12.1. The van der Waals surface area contributed by atoms with Crippen molar-refractivity contribution in [2.75, 3.05) is 27.2 Å². The lowest BCUT2D eigenvalue weighted by Crippen LogP contribution is -2.31. The number of hydrogen-bond acceptors (Lipinski definition) is 2. The van der Waals surface area contributed by atoms with Crippen LogP contribution in [0.15, 0.2) is 18.2 Å². The lowest BCUT2D eigenvalue weighted by Gasteiger charge is -2.23. The normalized spacial score (nSPS) is 13.1. The van der Waals surface area contributed by atoms with Crippen LogP contribution in [-0.2, 0) is 0 Å². The van der Waals surface area contributed by atoms with Crippen LogP contribution in [0.1, 0.15) is 18.5 Å². The molecule has 4 heteroatoms. The van der Waals surface area contributed by atoms with Gasteiger partial charge >= 0.3 is 0 Å². The number of halogens is 2. The quantitative estimate of drug-likeness (QED) is 0.831. The smallest absolute Gasteiger partial charge is 0.163 e. The van der Waals surface area contributed by atoms with E-state index in [9.17, 15) is 8.78 Å². The van der Waals surface area contributed by atoms with Crippen molar-refractivity contribution in [2.24, 2.45) is 0 Å². The van der Waals surface area contributed by atoms with Crippen LogP contribution in [0.5, 0.6) is 0 Å². The van der Waals surface area contributed by atoms with Gasteiger partial charge in [-0.1, -0.05) is 19.1 Å². The van der Waals surface area contributed by atoms with Gasteiger partial charge in [0.2, 0.25) is 0 Å². The molecular formula is C12H18F2N2. The van der Waals surface area contributed by atoms with E-state index in [-0.39, 0.29) is 6.04 Å². The fourth-order valence-electron chi connectivity index (χ4n) is 1.58. The van der Waals surface area contributed by atoms with E-state index in [0.29, 0.717) is 12.1 Å². The summed E-state index contributed by atoms with van der Waals surface area (Å²) >= 11 is 0. The second-order valence-electron chi connectivity index (χ2n) is 3.84. The van der Waals surface area contributed by atoms with Crippen LogP contribution < -0.4 is 5.32 Å². The molecule has 2 nitrogen and oxygen atoms in total. The van der Waals surface area contributed by atoms with Crippen LogP contribution in [0.3, 0.4) is 0 Å². The third-order valence-electron chi connectivity index (χ3n) is 2.74. The molecule has 0 aliphatic rings. The van der Waals surface area contributed by atoms with Gasteiger partial charge in [0, 0.05) is 18.2 Å². The van der Waals surface area contributed by atoms with Gasteiger partial charge in [-0.15, -0.1) is 0 Å². The Morgan fingerprint density at radius 1 is 1.38 bits per heavy atom. The molecular weight excluding hydrogens is 210 g/mol. The fourth-order valence-corrected chi connectivity index (χ4v) is 1.58. The Balaban J connectivity index is 2.90. The van der Waals surface area contributed by atoms with Gasteiger partial charge in [-0.3, -0.25) is 0 Å². The van der Waals surface area contributed by atoms with E-state index in [4.69, 9.17) is 0 Å². The molecule has 0 saturated carbocycles. The fraction of sp³-hybridized carbons (Fsp3) is 0.500. The van der Waals surface area contributed by atoms with E-state index in [1.807, 2.05) is 18.9 Å². The van der Waals surface area contributed by atoms with Crippen molar-refractivity contribution in [1.29, 1.82) is 0 Å². The first-order chi connectivity index (χ1) is 7.60. The lowest BCUT2D eigenvalue weighted by atomic mass is 10.1. The van der Waals surface area contributed by atoms with Gasteiger partial charge in [-0.25, -0.2) is 8.78 Å². The SMILES string of the molecule is CCN(C)CC(NC)c1cccc(F)c1F. The molecule has 0 bridgehead atoms. The topological polar surface area (TPSA) is 15.3 Å². The Hall–Kier alpha value is -1.00. The van der Waals surface area contributed by atoms with Crippen molar-refractivity contribution in [2.45, 2.75) is 13.0 Å². The van der Waals surface area contributed by atoms with Crippen molar-refractivity contribution in [3.05, 3.63) is 35.4 Å². The highest BCUT2D eigenvalue weighted by atomic mass is 19.2.